The van der Waals surface area contributed by atoms with Crippen molar-refractivity contribution in [3.63, 3.8) is 0 Å². The minimum absolute atomic E-state index is 0.206. The first-order chi connectivity index (χ1) is 11.9. The first-order valence-electron chi connectivity index (χ1n) is 8.57. The molecule has 136 valence electrons. The highest BCUT2D eigenvalue weighted by molar-refractivity contribution is 6.34. The smallest absolute Gasteiger partial charge is 0.256 e. The third kappa shape index (κ3) is 3.33. The van der Waals surface area contributed by atoms with E-state index in [9.17, 15) is 9.59 Å². The lowest BCUT2D eigenvalue weighted by Gasteiger charge is -2.43. The molecule has 0 spiro atoms. The lowest BCUT2D eigenvalue weighted by molar-refractivity contribution is -0.114. The number of carbonyl (C=O) groups excluding carboxylic acids is 2. The van der Waals surface area contributed by atoms with Crippen LogP contribution in [0.3, 0.4) is 0 Å². The van der Waals surface area contributed by atoms with Crippen LogP contribution >= 0.6 is 11.6 Å². The molecule has 1 aromatic rings. The van der Waals surface area contributed by atoms with Crippen molar-refractivity contribution in [3.05, 3.63) is 22.7 Å². The average molecular weight is 366 g/mol. The molecule has 2 atom stereocenters. The van der Waals surface area contributed by atoms with Gasteiger partial charge in [0.15, 0.2) is 0 Å². The Morgan fingerprint density at radius 2 is 2.08 bits per heavy atom. The van der Waals surface area contributed by atoms with E-state index in [2.05, 4.69) is 22.6 Å². The van der Waals surface area contributed by atoms with Crippen molar-refractivity contribution >= 4 is 29.1 Å². The molecular weight excluding hydrogens is 342 g/mol. The number of ether oxygens (including phenoxy) is 1. The molecule has 2 bridgehead atoms. The van der Waals surface area contributed by atoms with E-state index >= 15 is 0 Å². The van der Waals surface area contributed by atoms with Crippen molar-refractivity contribution in [1.29, 1.82) is 0 Å². The van der Waals surface area contributed by atoms with Crippen molar-refractivity contribution in [1.82, 2.24) is 10.2 Å². The molecule has 0 aliphatic carbocycles. The van der Waals surface area contributed by atoms with Crippen LogP contribution in [0.2, 0.25) is 5.02 Å². The van der Waals surface area contributed by atoms with Crippen LogP contribution in [0.1, 0.15) is 49.4 Å². The molecule has 7 heteroatoms. The van der Waals surface area contributed by atoms with Crippen LogP contribution in [0.5, 0.6) is 5.75 Å². The fourth-order valence-electron chi connectivity index (χ4n) is 4.07. The van der Waals surface area contributed by atoms with Gasteiger partial charge in [-0.2, -0.15) is 0 Å². The van der Waals surface area contributed by atoms with Gasteiger partial charge in [-0.3, -0.25) is 14.5 Å². The highest BCUT2D eigenvalue weighted by Gasteiger charge is 2.47. The molecule has 6 nitrogen and oxygen atoms in total. The normalized spacial score (nSPS) is 25.5. The Kier molecular flexibility index (Phi) is 4.93. The third-order valence-corrected chi connectivity index (χ3v) is 5.75. The number of rotatable bonds is 4. The number of methoxy groups -OCH3 is 1. The maximum absolute atomic E-state index is 12.9. The standard InChI is InChI=1S/C18H24ClN3O3/c1-11(23)20-15-10-16(25-3)13(9-14(15)19)17(24)21-18-7-4-5-12(6-8-18)22(18)2/h9-10,12H,4-8H2,1-3H3,(H,20,23)(H,21,24). The van der Waals surface area contributed by atoms with Gasteiger partial charge in [0.05, 0.1) is 29.0 Å². The molecule has 2 fully saturated rings. The number of carbonyl (C=O) groups is 2. The van der Waals surface area contributed by atoms with Gasteiger partial charge in [0.1, 0.15) is 5.75 Å². The average Bonchev–Trinajstić information content (AvgIpc) is 2.74. The molecule has 0 radical (unpaired) electrons. The van der Waals surface area contributed by atoms with Gasteiger partial charge in [-0.05, 0) is 45.2 Å². The van der Waals surface area contributed by atoms with Gasteiger partial charge in [0.2, 0.25) is 5.91 Å². The monoisotopic (exact) mass is 365 g/mol. The minimum atomic E-state index is -0.284. The SMILES string of the molecule is COc1cc(NC(C)=O)c(Cl)cc1C(=O)NC12CCCC(CC1)N2C. The zero-order valence-electron chi connectivity index (χ0n) is 14.8. The zero-order valence-corrected chi connectivity index (χ0v) is 15.6. The molecule has 1 aromatic carbocycles. The second-order valence-corrected chi connectivity index (χ2v) is 7.30. The number of hydrogen-bond acceptors (Lipinski definition) is 4. The summed E-state index contributed by atoms with van der Waals surface area (Å²) in [6.07, 6.45) is 5.32. The van der Waals surface area contributed by atoms with Crippen molar-refractivity contribution in [2.45, 2.75) is 50.7 Å². The van der Waals surface area contributed by atoms with E-state index in [0.29, 0.717) is 28.1 Å². The Morgan fingerprint density at radius 1 is 1.32 bits per heavy atom. The summed E-state index contributed by atoms with van der Waals surface area (Å²) in [4.78, 5) is 26.5. The van der Waals surface area contributed by atoms with Gasteiger partial charge in [-0.1, -0.05) is 11.6 Å². The maximum atomic E-state index is 12.9. The molecule has 0 aromatic heterocycles. The van der Waals surface area contributed by atoms with Crippen LogP contribution in [-0.2, 0) is 4.79 Å². The van der Waals surface area contributed by atoms with Gasteiger partial charge in [0, 0.05) is 19.0 Å². The first kappa shape index (κ1) is 18.0. The van der Waals surface area contributed by atoms with Crippen molar-refractivity contribution in [2.24, 2.45) is 0 Å². The second kappa shape index (κ2) is 6.84. The summed E-state index contributed by atoms with van der Waals surface area (Å²) in [7, 11) is 3.58. The number of fused-ring (bicyclic) bond motifs is 2. The van der Waals surface area contributed by atoms with E-state index in [0.717, 1.165) is 25.7 Å². The summed E-state index contributed by atoms with van der Waals surface area (Å²) in [6, 6.07) is 3.67. The molecule has 2 N–H and O–H groups in total. The van der Waals surface area contributed by atoms with Crippen molar-refractivity contribution in [3.8, 4) is 5.75 Å². The lowest BCUT2D eigenvalue weighted by atomic mass is 9.97. The number of amides is 2. The van der Waals surface area contributed by atoms with Crippen LogP contribution in [-0.4, -0.2) is 42.6 Å². The molecule has 25 heavy (non-hydrogen) atoms. The van der Waals surface area contributed by atoms with Crippen LogP contribution in [0.25, 0.3) is 0 Å². The van der Waals surface area contributed by atoms with E-state index in [4.69, 9.17) is 16.3 Å². The molecule has 3 rings (SSSR count). The van der Waals surface area contributed by atoms with Crippen LogP contribution in [0.15, 0.2) is 12.1 Å². The van der Waals surface area contributed by atoms with Gasteiger partial charge in [-0.25, -0.2) is 0 Å². The molecule has 2 aliphatic heterocycles. The lowest BCUT2D eigenvalue weighted by Crippen LogP contribution is -2.59. The number of hydrogen-bond donors (Lipinski definition) is 2. The van der Waals surface area contributed by atoms with Gasteiger partial charge in [-0.15, -0.1) is 0 Å². The number of halogens is 1. The Bertz CT molecular complexity index is 705. The summed E-state index contributed by atoms with van der Waals surface area (Å²) in [5, 5.41) is 6.16. The zero-order chi connectivity index (χ0) is 18.2. The maximum Gasteiger partial charge on any atom is 0.256 e. The summed E-state index contributed by atoms with van der Waals surface area (Å²) < 4.78 is 5.35. The number of piperidine rings is 1. The van der Waals surface area contributed by atoms with E-state index in [1.54, 1.807) is 12.1 Å². The summed E-state index contributed by atoms with van der Waals surface area (Å²) in [5.74, 6) is -0.0570. The van der Waals surface area contributed by atoms with Crippen LogP contribution < -0.4 is 15.4 Å². The van der Waals surface area contributed by atoms with E-state index in [1.165, 1.54) is 20.5 Å². The topological polar surface area (TPSA) is 70.7 Å². The van der Waals surface area contributed by atoms with Crippen LogP contribution in [0.4, 0.5) is 5.69 Å². The van der Waals surface area contributed by atoms with Gasteiger partial charge in [0.25, 0.3) is 5.91 Å². The predicted octanol–water partition coefficient (Wildman–Crippen LogP) is 3.01. The largest absolute Gasteiger partial charge is 0.496 e. The molecule has 2 amide bonds. The quantitative estimate of drug-likeness (QED) is 0.860. The fourth-order valence-corrected chi connectivity index (χ4v) is 4.28. The molecular formula is C18H24ClN3O3. The Balaban J connectivity index is 1.87. The molecule has 2 heterocycles. The Hall–Kier alpha value is -1.79. The Labute approximate surface area is 152 Å². The Morgan fingerprint density at radius 3 is 2.76 bits per heavy atom. The number of nitrogens with one attached hydrogen (secondary N) is 2. The highest BCUT2D eigenvalue weighted by Crippen LogP contribution is 2.41. The molecule has 2 aliphatic rings. The van der Waals surface area contributed by atoms with Gasteiger partial charge >= 0.3 is 0 Å². The predicted molar refractivity (Wildman–Crippen MR) is 97.1 cm³/mol. The third-order valence-electron chi connectivity index (χ3n) is 5.43. The summed E-state index contributed by atoms with van der Waals surface area (Å²) in [6.45, 7) is 1.40. The van der Waals surface area contributed by atoms with Crippen molar-refractivity contribution < 1.29 is 14.3 Å². The fraction of sp³-hybridized carbons (Fsp3) is 0.556. The summed E-state index contributed by atoms with van der Waals surface area (Å²) in [5.41, 5.74) is 0.517. The van der Waals surface area contributed by atoms with E-state index in [1.807, 2.05) is 0 Å². The first-order valence-corrected chi connectivity index (χ1v) is 8.94. The minimum Gasteiger partial charge on any atom is -0.496 e. The second-order valence-electron chi connectivity index (χ2n) is 6.89. The van der Waals surface area contributed by atoms with Gasteiger partial charge < -0.3 is 15.4 Å². The number of benzene rings is 1. The van der Waals surface area contributed by atoms with E-state index < -0.39 is 0 Å². The molecule has 2 unspecified atom stereocenters. The van der Waals surface area contributed by atoms with Crippen LogP contribution in [0, 0.1) is 0 Å². The molecule has 0 saturated carbocycles. The number of nitrogens with zero attached hydrogens (tertiary/aromatic N) is 1. The summed E-state index contributed by atoms with van der Waals surface area (Å²) >= 11 is 6.23. The van der Waals surface area contributed by atoms with E-state index in [-0.39, 0.29) is 17.5 Å². The number of anilines is 1. The highest BCUT2D eigenvalue weighted by atomic mass is 35.5. The molecule has 2 saturated heterocycles. The van der Waals surface area contributed by atoms with Crippen molar-refractivity contribution in [2.75, 3.05) is 19.5 Å².